The van der Waals surface area contributed by atoms with E-state index in [1.807, 2.05) is 0 Å². The van der Waals surface area contributed by atoms with E-state index in [-0.39, 0.29) is 17.4 Å². The minimum absolute atomic E-state index is 0.00473. The van der Waals surface area contributed by atoms with Crippen LogP contribution in [0.2, 0.25) is 0 Å². The fourth-order valence-electron chi connectivity index (χ4n) is 2.26. The van der Waals surface area contributed by atoms with Gasteiger partial charge in [-0.1, -0.05) is 6.07 Å². The summed E-state index contributed by atoms with van der Waals surface area (Å²) in [5, 5.41) is 13.0. The predicted molar refractivity (Wildman–Crippen MR) is 85.1 cm³/mol. The first-order valence-electron chi connectivity index (χ1n) is 7.40. The van der Waals surface area contributed by atoms with Gasteiger partial charge < -0.3 is 10.1 Å². The SMILES string of the molecule is COc1ccc(-n2ncc(C(=O)Nc3cccc(F)c3)c2C(F)(F)F)nn1. The van der Waals surface area contributed by atoms with E-state index in [1.54, 1.807) is 0 Å². The van der Waals surface area contributed by atoms with Gasteiger partial charge in [-0.05, 0) is 24.3 Å². The number of aromatic nitrogens is 4. The molecule has 0 bridgehead atoms. The number of nitrogens with one attached hydrogen (secondary N) is 1. The van der Waals surface area contributed by atoms with Crippen molar-refractivity contribution in [2.75, 3.05) is 12.4 Å². The summed E-state index contributed by atoms with van der Waals surface area (Å²) >= 11 is 0. The van der Waals surface area contributed by atoms with Crippen LogP contribution in [0.15, 0.2) is 42.6 Å². The zero-order chi connectivity index (χ0) is 19.6. The number of anilines is 1. The number of amides is 1. The van der Waals surface area contributed by atoms with Gasteiger partial charge in [0.1, 0.15) is 5.82 Å². The molecule has 3 aromatic rings. The number of hydrogen-bond donors (Lipinski definition) is 1. The number of carbonyl (C=O) groups is 1. The van der Waals surface area contributed by atoms with E-state index in [0.717, 1.165) is 18.3 Å². The molecule has 0 fully saturated rings. The molecule has 0 aliphatic carbocycles. The molecule has 2 aromatic heterocycles. The van der Waals surface area contributed by atoms with Crippen molar-refractivity contribution in [2.24, 2.45) is 0 Å². The average Bonchev–Trinajstić information content (AvgIpc) is 3.07. The number of nitrogens with zero attached hydrogens (tertiary/aromatic N) is 4. The van der Waals surface area contributed by atoms with Gasteiger partial charge in [0.2, 0.25) is 5.88 Å². The van der Waals surface area contributed by atoms with Crippen molar-refractivity contribution in [1.29, 1.82) is 0 Å². The molecule has 3 rings (SSSR count). The molecule has 0 atom stereocenters. The van der Waals surface area contributed by atoms with E-state index < -0.39 is 29.2 Å². The lowest BCUT2D eigenvalue weighted by Gasteiger charge is -2.12. The van der Waals surface area contributed by atoms with Crippen molar-refractivity contribution in [3.63, 3.8) is 0 Å². The van der Waals surface area contributed by atoms with Crippen molar-refractivity contribution >= 4 is 11.6 Å². The fourth-order valence-corrected chi connectivity index (χ4v) is 2.26. The maximum atomic E-state index is 13.6. The smallest absolute Gasteiger partial charge is 0.434 e. The molecular weight excluding hydrogens is 370 g/mol. The number of ether oxygens (including phenoxy) is 1. The highest BCUT2D eigenvalue weighted by Crippen LogP contribution is 2.33. The molecule has 27 heavy (non-hydrogen) atoms. The predicted octanol–water partition coefficient (Wildman–Crippen LogP) is 3.08. The molecule has 0 aliphatic heterocycles. The zero-order valence-electron chi connectivity index (χ0n) is 13.7. The van der Waals surface area contributed by atoms with E-state index >= 15 is 0 Å². The highest BCUT2D eigenvalue weighted by molar-refractivity contribution is 6.05. The van der Waals surface area contributed by atoms with Crippen LogP contribution < -0.4 is 10.1 Å². The Morgan fingerprint density at radius 3 is 2.56 bits per heavy atom. The molecule has 0 radical (unpaired) electrons. The summed E-state index contributed by atoms with van der Waals surface area (Å²) in [4.78, 5) is 12.3. The number of hydrogen-bond acceptors (Lipinski definition) is 5. The van der Waals surface area contributed by atoms with E-state index in [1.165, 1.54) is 31.4 Å². The van der Waals surface area contributed by atoms with Crippen LogP contribution in [0.4, 0.5) is 23.2 Å². The largest absolute Gasteiger partial charge is 0.480 e. The molecule has 1 aromatic carbocycles. The number of halogens is 4. The van der Waals surface area contributed by atoms with Gasteiger partial charge in [-0.3, -0.25) is 4.79 Å². The molecule has 2 heterocycles. The van der Waals surface area contributed by atoms with Gasteiger partial charge in [0.15, 0.2) is 11.5 Å². The minimum atomic E-state index is -4.91. The third-order valence-corrected chi connectivity index (χ3v) is 3.42. The van der Waals surface area contributed by atoms with Crippen molar-refractivity contribution in [3.05, 3.63) is 59.7 Å². The van der Waals surface area contributed by atoms with Crippen LogP contribution in [-0.2, 0) is 6.18 Å². The van der Waals surface area contributed by atoms with E-state index in [0.29, 0.717) is 4.68 Å². The van der Waals surface area contributed by atoms with Crippen LogP contribution in [-0.4, -0.2) is 33.0 Å². The summed E-state index contributed by atoms with van der Waals surface area (Å²) in [5.74, 6) is -1.90. The summed E-state index contributed by atoms with van der Waals surface area (Å²) in [6.07, 6.45) is -4.16. The summed E-state index contributed by atoms with van der Waals surface area (Å²) in [6.45, 7) is 0. The second-order valence-electron chi connectivity index (χ2n) is 5.21. The maximum absolute atomic E-state index is 13.6. The molecule has 7 nitrogen and oxygen atoms in total. The maximum Gasteiger partial charge on any atom is 0.434 e. The Balaban J connectivity index is 2.00. The second kappa shape index (κ2) is 7.02. The van der Waals surface area contributed by atoms with E-state index in [9.17, 15) is 22.4 Å². The second-order valence-corrected chi connectivity index (χ2v) is 5.21. The molecule has 140 valence electrons. The van der Waals surface area contributed by atoms with Gasteiger partial charge in [-0.15, -0.1) is 10.2 Å². The highest BCUT2D eigenvalue weighted by atomic mass is 19.4. The molecule has 0 saturated heterocycles. The first kappa shape index (κ1) is 18.3. The molecule has 1 N–H and O–H groups in total. The van der Waals surface area contributed by atoms with Crippen LogP contribution in [0.5, 0.6) is 5.88 Å². The third-order valence-electron chi connectivity index (χ3n) is 3.42. The number of alkyl halides is 3. The lowest BCUT2D eigenvalue weighted by Crippen LogP contribution is -2.21. The topological polar surface area (TPSA) is 81.9 Å². The first-order chi connectivity index (χ1) is 12.8. The Kier molecular flexibility index (Phi) is 4.75. The number of carbonyl (C=O) groups excluding carboxylic acids is 1. The number of methoxy groups -OCH3 is 1. The molecule has 0 aliphatic rings. The van der Waals surface area contributed by atoms with Gasteiger partial charge in [0, 0.05) is 11.8 Å². The number of benzene rings is 1. The minimum Gasteiger partial charge on any atom is -0.480 e. The standard InChI is InChI=1S/C16H11F4N5O2/c1-27-13-6-5-12(23-24-13)25-14(16(18,19)20)11(8-21-25)15(26)22-10-4-2-3-9(17)7-10/h2-8H,1H3,(H,22,26). The number of rotatable bonds is 4. The van der Waals surface area contributed by atoms with Crippen LogP contribution in [0.1, 0.15) is 16.1 Å². The molecule has 1 amide bonds. The van der Waals surface area contributed by atoms with Gasteiger partial charge >= 0.3 is 6.18 Å². The van der Waals surface area contributed by atoms with Crippen molar-refractivity contribution in [2.45, 2.75) is 6.18 Å². The Bertz CT molecular complexity index is 970. The average molecular weight is 381 g/mol. The molecular formula is C16H11F4N5O2. The monoisotopic (exact) mass is 381 g/mol. The van der Waals surface area contributed by atoms with Crippen LogP contribution in [0, 0.1) is 5.82 Å². The lowest BCUT2D eigenvalue weighted by atomic mass is 10.2. The Hall–Kier alpha value is -3.50. The highest BCUT2D eigenvalue weighted by Gasteiger charge is 2.41. The van der Waals surface area contributed by atoms with Crippen LogP contribution in [0.25, 0.3) is 5.82 Å². The summed E-state index contributed by atoms with van der Waals surface area (Å²) in [5.41, 5.74) is -2.08. The van der Waals surface area contributed by atoms with Gasteiger partial charge in [-0.2, -0.15) is 18.3 Å². The fraction of sp³-hybridized carbons (Fsp3) is 0.125. The Morgan fingerprint density at radius 2 is 1.96 bits per heavy atom. The molecule has 0 unspecified atom stereocenters. The molecule has 0 saturated carbocycles. The first-order valence-corrected chi connectivity index (χ1v) is 7.40. The van der Waals surface area contributed by atoms with E-state index in [4.69, 9.17) is 4.74 Å². The van der Waals surface area contributed by atoms with Gasteiger partial charge in [-0.25, -0.2) is 9.07 Å². The van der Waals surface area contributed by atoms with Crippen LogP contribution in [0.3, 0.4) is 0 Å². The zero-order valence-corrected chi connectivity index (χ0v) is 13.7. The van der Waals surface area contributed by atoms with Gasteiger partial charge in [0.25, 0.3) is 5.91 Å². The van der Waals surface area contributed by atoms with Crippen molar-refractivity contribution in [3.8, 4) is 11.7 Å². The Labute approximate surface area is 149 Å². The lowest BCUT2D eigenvalue weighted by molar-refractivity contribution is -0.143. The third kappa shape index (κ3) is 3.86. The summed E-state index contributed by atoms with van der Waals surface area (Å²) in [7, 11) is 1.33. The normalized spacial score (nSPS) is 11.3. The summed E-state index contributed by atoms with van der Waals surface area (Å²) in [6, 6.07) is 7.28. The van der Waals surface area contributed by atoms with E-state index in [2.05, 4.69) is 20.6 Å². The summed E-state index contributed by atoms with van der Waals surface area (Å²) < 4.78 is 59.1. The van der Waals surface area contributed by atoms with Crippen molar-refractivity contribution < 1.29 is 27.1 Å². The Morgan fingerprint density at radius 1 is 1.19 bits per heavy atom. The molecule has 0 spiro atoms. The quantitative estimate of drug-likeness (QED) is 0.703. The van der Waals surface area contributed by atoms with Crippen LogP contribution >= 0.6 is 0 Å². The molecule has 11 heteroatoms. The van der Waals surface area contributed by atoms with Gasteiger partial charge in [0.05, 0.1) is 18.9 Å². The van der Waals surface area contributed by atoms with Crippen molar-refractivity contribution in [1.82, 2.24) is 20.0 Å².